The van der Waals surface area contributed by atoms with Gasteiger partial charge in [0.15, 0.2) is 0 Å². The van der Waals surface area contributed by atoms with Gasteiger partial charge in [-0.15, -0.1) is 11.3 Å². The van der Waals surface area contributed by atoms with Crippen molar-refractivity contribution in [3.05, 3.63) is 92.0 Å². The van der Waals surface area contributed by atoms with Crippen LogP contribution in [0.15, 0.2) is 64.9 Å². The van der Waals surface area contributed by atoms with Gasteiger partial charge in [0, 0.05) is 37.8 Å². The molecule has 1 aliphatic heterocycles. The van der Waals surface area contributed by atoms with Crippen LogP contribution >= 0.6 is 11.3 Å². The van der Waals surface area contributed by atoms with Gasteiger partial charge in [0.25, 0.3) is 11.5 Å². The number of thiophene rings is 1. The summed E-state index contributed by atoms with van der Waals surface area (Å²) in [6.07, 6.45) is 1.63. The van der Waals surface area contributed by atoms with Gasteiger partial charge in [-0.05, 0) is 41.3 Å². The fourth-order valence-corrected chi connectivity index (χ4v) is 5.09. The normalized spacial score (nSPS) is 13.4. The molecule has 35 heavy (non-hydrogen) atoms. The lowest BCUT2D eigenvalue weighted by molar-refractivity contribution is 0.0751. The molecule has 3 aromatic heterocycles. The smallest absolute Gasteiger partial charge is 0.272 e. The standard InChI is InChI=1S/C26H20N6O2S/c27-15-18-5-7-19(8-6-18)17-32-24-20(3-1-9-29-24)23(21(16-28)25(32)33)30-10-12-31(13-11-30)26(34)22-4-2-14-35-22/h1-9,14H,10-13,17H2. The Balaban J connectivity index is 1.51. The van der Waals surface area contributed by atoms with Crippen LogP contribution in [-0.4, -0.2) is 46.5 Å². The monoisotopic (exact) mass is 480 g/mol. The first-order chi connectivity index (χ1) is 17.1. The highest BCUT2D eigenvalue weighted by Crippen LogP contribution is 2.29. The number of hydrogen-bond acceptors (Lipinski definition) is 7. The minimum absolute atomic E-state index is 0.00418. The van der Waals surface area contributed by atoms with Gasteiger partial charge in [0.05, 0.1) is 28.7 Å². The van der Waals surface area contributed by atoms with Gasteiger partial charge >= 0.3 is 0 Å². The summed E-state index contributed by atoms with van der Waals surface area (Å²) in [7, 11) is 0. The van der Waals surface area contributed by atoms with Crippen LogP contribution < -0.4 is 10.5 Å². The van der Waals surface area contributed by atoms with Crippen molar-refractivity contribution in [1.29, 1.82) is 10.5 Å². The quantitative estimate of drug-likeness (QED) is 0.444. The number of fused-ring (bicyclic) bond motifs is 1. The average Bonchev–Trinajstić information content (AvgIpc) is 3.45. The minimum Gasteiger partial charge on any atom is -0.366 e. The SMILES string of the molecule is N#Cc1ccc(Cn2c(=O)c(C#N)c(N3CCN(C(=O)c4cccs4)CC3)c3cccnc32)cc1. The molecule has 1 aromatic carbocycles. The number of hydrogen-bond donors (Lipinski definition) is 0. The molecular formula is C26H20N6O2S. The molecule has 4 aromatic rings. The third-order valence-corrected chi connectivity index (χ3v) is 7.00. The van der Waals surface area contributed by atoms with Crippen LogP contribution in [0.3, 0.4) is 0 Å². The first kappa shape index (κ1) is 22.3. The summed E-state index contributed by atoms with van der Waals surface area (Å²) < 4.78 is 1.51. The first-order valence-corrected chi connectivity index (χ1v) is 12.0. The van der Waals surface area contributed by atoms with Gasteiger partial charge in [0.2, 0.25) is 0 Å². The molecule has 5 rings (SSSR count). The third kappa shape index (κ3) is 4.14. The largest absolute Gasteiger partial charge is 0.366 e. The number of amides is 1. The van der Waals surface area contributed by atoms with E-state index in [1.54, 1.807) is 41.4 Å². The lowest BCUT2D eigenvalue weighted by Gasteiger charge is -2.36. The highest BCUT2D eigenvalue weighted by Gasteiger charge is 2.27. The number of aromatic nitrogens is 2. The zero-order valence-corrected chi connectivity index (χ0v) is 19.5. The fourth-order valence-electron chi connectivity index (χ4n) is 4.40. The lowest BCUT2D eigenvalue weighted by atomic mass is 10.1. The van der Waals surface area contributed by atoms with Crippen LogP contribution in [0.2, 0.25) is 0 Å². The topological polar surface area (TPSA) is 106 Å². The molecule has 0 unspecified atom stereocenters. The Bertz CT molecular complexity index is 1540. The van der Waals surface area contributed by atoms with E-state index in [0.29, 0.717) is 48.0 Å². The van der Waals surface area contributed by atoms with E-state index >= 15 is 0 Å². The maximum Gasteiger partial charge on any atom is 0.272 e. The highest BCUT2D eigenvalue weighted by atomic mass is 32.1. The lowest BCUT2D eigenvalue weighted by Crippen LogP contribution is -2.49. The van der Waals surface area contributed by atoms with Crippen LogP contribution in [-0.2, 0) is 6.54 Å². The summed E-state index contributed by atoms with van der Waals surface area (Å²) in [4.78, 5) is 35.2. The van der Waals surface area contributed by atoms with Crippen LogP contribution in [0.5, 0.6) is 0 Å². The number of benzene rings is 1. The van der Waals surface area contributed by atoms with Crippen molar-refractivity contribution >= 4 is 34.0 Å². The van der Waals surface area contributed by atoms with Gasteiger partial charge in [-0.2, -0.15) is 10.5 Å². The summed E-state index contributed by atoms with van der Waals surface area (Å²) >= 11 is 1.42. The van der Waals surface area contributed by atoms with E-state index in [-0.39, 0.29) is 18.0 Å². The summed E-state index contributed by atoms with van der Waals surface area (Å²) in [5.74, 6) is 0.00418. The molecule has 0 N–H and O–H groups in total. The highest BCUT2D eigenvalue weighted by molar-refractivity contribution is 7.12. The number of nitrogens with zero attached hydrogens (tertiary/aromatic N) is 6. The number of anilines is 1. The Hall–Kier alpha value is -4.47. The number of rotatable bonds is 4. The van der Waals surface area contributed by atoms with Gasteiger partial charge < -0.3 is 9.80 Å². The second-order valence-corrected chi connectivity index (χ2v) is 9.11. The maximum atomic E-state index is 13.5. The molecule has 0 atom stereocenters. The van der Waals surface area contributed by atoms with Crippen molar-refractivity contribution in [2.24, 2.45) is 0 Å². The molecule has 172 valence electrons. The van der Waals surface area contributed by atoms with E-state index in [1.807, 2.05) is 28.5 Å². The number of nitriles is 2. The first-order valence-electron chi connectivity index (χ1n) is 11.1. The van der Waals surface area contributed by atoms with Crippen molar-refractivity contribution in [1.82, 2.24) is 14.5 Å². The van der Waals surface area contributed by atoms with E-state index in [4.69, 9.17) is 5.26 Å². The second-order valence-electron chi connectivity index (χ2n) is 8.17. The molecule has 4 heterocycles. The number of pyridine rings is 2. The number of carbonyl (C=O) groups excluding carboxylic acids is 1. The van der Waals surface area contributed by atoms with E-state index in [9.17, 15) is 14.9 Å². The molecule has 1 amide bonds. The van der Waals surface area contributed by atoms with Crippen LogP contribution in [0.25, 0.3) is 11.0 Å². The van der Waals surface area contributed by atoms with E-state index in [1.165, 1.54) is 15.9 Å². The molecule has 1 aliphatic rings. The van der Waals surface area contributed by atoms with Crippen molar-refractivity contribution < 1.29 is 4.79 Å². The molecule has 0 spiro atoms. The molecule has 0 bridgehead atoms. The predicted molar refractivity (Wildman–Crippen MR) is 133 cm³/mol. The van der Waals surface area contributed by atoms with Crippen LogP contribution in [0, 0.1) is 22.7 Å². The Labute approximate surface area is 205 Å². The van der Waals surface area contributed by atoms with Crippen molar-refractivity contribution in [2.45, 2.75) is 6.54 Å². The molecule has 0 saturated carbocycles. The Morgan fingerprint density at radius 2 is 1.77 bits per heavy atom. The average molecular weight is 481 g/mol. The third-order valence-electron chi connectivity index (χ3n) is 6.14. The molecule has 0 radical (unpaired) electrons. The number of piperazine rings is 1. The molecule has 9 heteroatoms. The Morgan fingerprint density at radius 3 is 2.43 bits per heavy atom. The Kier molecular flexibility index (Phi) is 6.01. The summed E-state index contributed by atoms with van der Waals surface area (Å²) in [5, 5.41) is 21.6. The Morgan fingerprint density at radius 1 is 1.00 bits per heavy atom. The maximum absolute atomic E-state index is 13.5. The van der Waals surface area contributed by atoms with Gasteiger partial charge in [-0.25, -0.2) is 4.98 Å². The van der Waals surface area contributed by atoms with Crippen molar-refractivity contribution in [3.63, 3.8) is 0 Å². The molecule has 0 aliphatic carbocycles. The molecular weight excluding hydrogens is 460 g/mol. The van der Waals surface area contributed by atoms with Crippen molar-refractivity contribution in [2.75, 3.05) is 31.1 Å². The minimum atomic E-state index is -0.407. The number of carbonyl (C=O) groups is 1. The molecule has 1 saturated heterocycles. The van der Waals surface area contributed by atoms with Crippen LogP contribution in [0.4, 0.5) is 5.69 Å². The molecule has 8 nitrogen and oxygen atoms in total. The van der Waals surface area contributed by atoms with E-state index in [2.05, 4.69) is 17.1 Å². The second kappa shape index (κ2) is 9.41. The zero-order chi connectivity index (χ0) is 24.4. The van der Waals surface area contributed by atoms with Crippen molar-refractivity contribution in [3.8, 4) is 12.1 Å². The van der Waals surface area contributed by atoms with Gasteiger partial charge in [-0.3, -0.25) is 14.2 Å². The fraction of sp³-hybridized carbons (Fsp3) is 0.192. The van der Waals surface area contributed by atoms with Gasteiger partial charge in [0.1, 0.15) is 17.3 Å². The zero-order valence-electron chi connectivity index (χ0n) is 18.7. The summed E-state index contributed by atoms with van der Waals surface area (Å²) in [6, 6.07) is 18.6. The molecule has 1 fully saturated rings. The van der Waals surface area contributed by atoms with Crippen LogP contribution in [0.1, 0.15) is 26.4 Å². The van der Waals surface area contributed by atoms with E-state index in [0.717, 1.165) is 10.9 Å². The summed E-state index contributed by atoms with van der Waals surface area (Å²) in [5.41, 5.74) is 2.09. The van der Waals surface area contributed by atoms with Gasteiger partial charge in [-0.1, -0.05) is 18.2 Å². The predicted octanol–water partition coefficient (Wildman–Crippen LogP) is 3.21. The van der Waals surface area contributed by atoms with E-state index < -0.39 is 5.56 Å². The summed E-state index contributed by atoms with van der Waals surface area (Å²) in [6.45, 7) is 2.25.